The molecule has 0 saturated heterocycles. The zero-order chi connectivity index (χ0) is 14.5. The number of thiocarbonyl (C=S) groups is 2. The van der Waals surface area contributed by atoms with E-state index >= 15 is 0 Å². The Balaban J connectivity index is 0.00000220. The molecule has 2 aromatic carbocycles. The molecule has 0 spiro atoms. The second-order valence-electron chi connectivity index (χ2n) is 4.12. The number of ether oxygens (including phenoxy) is 2. The van der Waals surface area contributed by atoms with E-state index in [9.17, 15) is 0 Å². The maximum Gasteiger partial charge on any atom is 0.118 e. The van der Waals surface area contributed by atoms with Gasteiger partial charge >= 0.3 is 0 Å². The largest absolute Gasteiger partial charge is 0.497 e. The van der Waals surface area contributed by atoms with Crippen molar-refractivity contribution in [2.24, 2.45) is 0 Å². The Morgan fingerprint density at radius 1 is 0.667 bits per heavy atom. The minimum Gasteiger partial charge on any atom is -0.497 e. The van der Waals surface area contributed by atoms with Gasteiger partial charge in [0.25, 0.3) is 0 Å². The molecule has 0 amide bonds. The van der Waals surface area contributed by atoms with Gasteiger partial charge in [0.1, 0.15) is 11.5 Å². The summed E-state index contributed by atoms with van der Waals surface area (Å²) in [6.07, 6.45) is 0. The number of hydrogen-bond acceptors (Lipinski definition) is 4. The van der Waals surface area contributed by atoms with Crippen molar-refractivity contribution in [2.75, 3.05) is 14.2 Å². The van der Waals surface area contributed by atoms with Crippen molar-refractivity contribution in [1.29, 1.82) is 0 Å². The molecule has 2 rings (SSSR count). The van der Waals surface area contributed by atoms with E-state index in [4.69, 9.17) is 33.9 Å². The van der Waals surface area contributed by atoms with Crippen molar-refractivity contribution >= 4 is 34.2 Å². The summed E-state index contributed by atoms with van der Waals surface area (Å²) < 4.78 is 10.3. The summed E-state index contributed by atoms with van der Waals surface area (Å²) in [4.78, 5) is 1.32. The van der Waals surface area contributed by atoms with Crippen molar-refractivity contribution in [3.05, 3.63) is 59.7 Å². The third-order valence-electron chi connectivity index (χ3n) is 2.91. The van der Waals surface area contributed by atoms with Gasteiger partial charge in [0, 0.05) is 16.5 Å². The van der Waals surface area contributed by atoms with Crippen molar-refractivity contribution in [2.45, 2.75) is 0 Å². The predicted octanol–water partition coefficient (Wildman–Crippen LogP) is 3.84. The fraction of sp³-hybridized carbons (Fsp3) is 0.125. The summed E-state index contributed by atoms with van der Waals surface area (Å²) in [6.45, 7) is 0. The van der Waals surface area contributed by atoms with Gasteiger partial charge in [0.2, 0.25) is 0 Å². The molecule has 0 heterocycles. The normalized spacial score (nSPS) is 9.43. The minimum absolute atomic E-state index is 0. The van der Waals surface area contributed by atoms with Crippen LogP contribution >= 0.6 is 24.4 Å². The molecule has 0 aromatic heterocycles. The average molecular weight is 361 g/mol. The Labute approximate surface area is 145 Å². The minimum atomic E-state index is 0. The summed E-state index contributed by atoms with van der Waals surface area (Å²) in [6, 6.07) is 15.1. The standard InChI is InChI=1S/C16H14O2S2.Ni/c1-17-13-7-3-11(4-8-13)15(19)16(20)12-5-9-14(18-2)10-6-12;/h3-10H,1-2H3;. The quantitative estimate of drug-likeness (QED) is 0.458. The molecule has 112 valence electrons. The van der Waals surface area contributed by atoms with Crippen molar-refractivity contribution in [1.82, 2.24) is 0 Å². The molecule has 0 fully saturated rings. The Kier molecular flexibility index (Phi) is 6.96. The molecule has 2 nitrogen and oxygen atoms in total. The number of rotatable bonds is 5. The van der Waals surface area contributed by atoms with Gasteiger partial charge in [0.05, 0.1) is 23.9 Å². The second-order valence-corrected chi connectivity index (χ2v) is 4.93. The van der Waals surface area contributed by atoms with E-state index in [1.54, 1.807) is 14.2 Å². The maximum atomic E-state index is 5.45. The summed E-state index contributed by atoms with van der Waals surface area (Å²) in [5, 5.41) is 0. The van der Waals surface area contributed by atoms with Gasteiger partial charge in [-0.05, 0) is 59.7 Å². The van der Waals surface area contributed by atoms with E-state index in [0.29, 0.717) is 9.73 Å². The molecule has 0 unspecified atom stereocenters. The number of methoxy groups -OCH3 is 2. The first-order valence-corrected chi connectivity index (χ1v) is 6.84. The molecule has 0 aliphatic rings. The van der Waals surface area contributed by atoms with Gasteiger partial charge in [-0.25, -0.2) is 0 Å². The molecule has 0 aliphatic heterocycles. The molecule has 0 atom stereocenters. The summed E-state index contributed by atoms with van der Waals surface area (Å²) in [5.74, 6) is 1.60. The van der Waals surface area contributed by atoms with Crippen LogP contribution in [0.2, 0.25) is 0 Å². The summed E-state index contributed by atoms with van der Waals surface area (Å²) in [7, 11) is 3.27. The van der Waals surface area contributed by atoms with E-state index < -0.39 is 0 Å². The number of hydrogen-bond donors (Lipinski definition) is 0. The van der Waals surface area contributed by atoms with Crippen LogP contribution in [-0.4, -0.2) is 23.9 Å². The third-order valence-corrected chi connectivity index (χ3v) is 3.92. The third kappa shape index (κ3) is 4.34. The van der Waals surface area contributed by atoms with Crippen LogP contribution in [0.1, 0.15) is 11.1 Å². The van der Waals surface area contributed by atoms with Crippen LogP contribution < -0.4 is 9.47 Å². The molecule has 21 heavy (non-hydrogen) atoms. The molecule has 0 bridgehead atoms. The van der Waals surface area contributed by atoms with Crippen molar-refractivity contribution in [3.63, 3.8) is 0 Å². The predicted molar refractivity (Wildman–Crippen MR) is 89.4 cm³/mol. The first-order valence-electron chi connectivity index (χ1n) is 6.03. The Morgan fingerprint density at radius 3 is 1.19 bits per heavy atom. The second kappa shape index (κ2) is 8.23. The fourth-order valence-corrected chi connectivity index (χ4v) is 2.25. The van der Waals surface area contributed by atoms with Crippen LogP contribution in [-0.2, 0) is 16.5 Å². The zero-order valence-electron chi connectivity index (χ0n) is 11.6. The molecule has 0 N–H and O–H groups in total. The molecule has 0 radical (unpaired) electrons. The van der Waals surface area contributed by atoms with Crippen molar-refractivity contribution < 1.29 is 26.0 Å². The Hall–Kier alpha value is -1.29. The molecule has 5 heteroatoms. The number of benzene rings is 2. The smallest absolute Gasteiger partial charge is 0.118 e. The first kappa shape index (κ1) is 17.8. The Morgan fingerprint density at radius 2 is 0.952 bits per heavy atom. The van der Waals surface area contributed by atoms with Gasteiger partial charge in [-0.3, -0.25) is 0 Å². The van der Waals surface area contributed by atoms with Gasteiger partial charge in [0.15, 0.2) is 0 Å². The van der Waals surface area contributed by atoms with E-state index in [1.807, 2.05) is 48.5 Å². The van der Waals surface area contributed by atoms with E-state index in [2.05, 4.69) is 0 Å². The average Bonchev–Trinajstić information content (AvgIpc) is 2.53. The van der Waals surface area contributed by atoms with Crippen LogP contribution in [0.25, 0.3) is 0 Å². The fourth-order valence-electron chi connectivity index (χ4n) is 1.75. The van der Waals surface area contributed by atoms with Crippen LogP contribution in [0.5, 0.6) is 11.5 Å². The van der Waals surface area contributed by atoms with E-state index in [1.165, 1.54) is 0 Å². The van der Waals surface area contributed by atoms with Gasteiger partial charge < -0.3 is 9.47 Å². The maximum absolute atomic E-state index is 5.45. The van der Waals surface area contributed by atoms with E-state index in [-0.39, 0.29) is 16.5 Å². The first-order chi connectivity index (χ1) is 9.65. The van der Waals surface area contributed by atoms with Crippen molar-refractivity contribution in [3.8, 4) is 11.5 Å². The van der Waals surface area contributed by atoms with Crippen LogP contribution in [0.4, 0.5) is 0 Å². The summed E-state index contributed by atoms with van der Waals surface area (Å²) >= 11 is 10.9. The van der Waals surface area contributed by atoms with Gasteiger partial charge in [-0.1, -0.05) is 24.4 Å². The molecular formula is C16H14NiO2S2. The summed E-state index contributed by atoms with van der Waals surface area (Å²) in [5.41, 5.74) is 1.84. The van der Waals surface area contributed by atoms with Crippen LogP contribution in [0.3, 0.4) is 0 Å². The zero-order valence-corrected chi connectivity index (χ0v) is 14.2. The molecule has 0 aliphatic carbocycles. The Bertz CT molecular complexity index is 564. The van der Waals surface area contributed by atoms with Crippen LogP contribution in [0.15, 0.2) is 48.5 Å². The SMILES string of the molecule is COc1ccc(C(=S)C(=S)c2ccc(OC)cc2)cc1.[Ni]. The van der Waals surface area contributed by atoms with Gasteiger partial charge in [-0.2, -0.15) is 0 Å². The topological polar surface area (TPSA) is 18.5 Å². The van der Waals surface area contributed by atoms with E-state index in [0.717, 1.165) is 22.6 Å². The molecular weight excluding hydrogens is 347 g/mol. The van der Waals surface area contributed by atoms with Gasteiger partial charge in [-0.15, -0.1) is 0 Å². The van der Waals surface area contributed by atoms with Crippen LogP contribution in [0, 0.1) is 0 Å². The molecule has 2 aromatic rings. The molecule has 0 saturated carbocycles. The monoisotopic (exact) mass is 360 g/mol.